The minimum Gasteiger partial charge on any atom is -0.369 e. The first-order chi connectivity index (χ1) is 10.4. The molecule has 1 fully saturated rings. The van der Waals surface area contributed by atoms with E-state index in [4.69, 9.17) is 0 Å². The number of anilines is 1. The van der Waals surface area contributed by atoms with Gasteiger partial charge in [-0.05, 0) is 24.3 Å². The molecule has 2 aromatic rings. The molecule has 0 amide bonds. The molecular weight excluding hydrogens is 260 g/mol. The van der Waals surface area contributed by atoms with Crippen LogP contribution in [0.25, 0.3) is 0 Å². The lowest BCUT2D eigenvalue weighted by molar-refractivity contribution is 0.219. The highest BCUT2D eigenvalue weighted by Crippen LogP contribution is 2.22. The summed E-state index contributed by atoms with van der Waals surface area (Å²) in [5, 5.41) is 9.47. The van der Waals surface area contributed by atoms with Gasteiger partial charge < -0.3 is 4.90 Å². The van der Waals surface area contributed by atoms with E-state index in [1.54, 1.807) is 6.20 Å². The summed E-state index contributed by atoms with van der Waals surface area (Å²) in [5.41, 5.74) is 2.09. The van der Waals surface area contributed by atoms with E-state index in [9.17, 15) is 5.26 Å². The van der Waals surface area contributed by atoms with Crippen molar-refractivity contribution in [3.8, 4) is 6.07 Å². The van der Waals surface area contributed by atoms with Crippen LogP contribution in [0.3, 0.4) is 0 Å². The number of para-hydroxylation sites is 1. The minimum absolute atomic E-state index is 0.246. The summed E-state index contributed by atoms with van der Waals surface area (Å²) >= 11 is 0. The molecule has 0 saturated carbocycles. The first-order valence-electron chi connectivity index (χ1n) is 7.23. The largest absolute Gasteiger partial charge is 0.369 e. The molecule has 106 valence electrons. The van der Waals surface area contributed by atoms with E-state index < -0.39 is 0 Å². The zero-order valence-electron chi connectivity index (χ0n) is 11.9. The number of piperazine rings is 1. The maximum atomic E-state index is 9.47. The van der Waals surface area contributed by atoms with Crippen molar-refractivity contribution < 1.29 is 0 Å². The lowest BCUT2D eigenvalue weighted by Gasteiger charge is -2.37. The molecule has 0 N–H and O–H groups in total. The molecular formula is C17H18N4. The number of hydrogen-bond acceptors (Lipinski definition) is 4. The van der Waals surface area contributed by atoms with Gasteiger partial charge >= 0.3 is 0 Å². The smallest absolute Gasteiger partial charge is 0.141 e. The Morgan fingerprint density at radius 3 is 2.29 bits per heavy atom. The fourth-order valence-electron chi connectivity index (χ4n) is 2.75. The molecule has 0 aliphatic carbocycles. The Morgan fingerprint density at radius 2 is 1.67 bits per heavy atom. The third kappa shape index (κ3) is 3.04. The number of pyridine rings is 1. The van der Waals surface area contributed by atoms with Crippen molar-refractivity contribution in [1.29, 1.82) is 5.26 Å². The Bertz CT molecular complexity index is 598. The molecule has 1 unspecified atom stereocenters. The van der Waals surface area contributed by atoms with Crippen LogP contribution in [-0.2, 0) is 0 Å². The maximum absolute atomic E-state index is 9.47. The highest BCUT2D eigenvalue weighted by atomic mass is 15.3. The van der Waals surface area contributed by atoms with Crippen LogP contribution in [0.5, 0.6) is 0 Å². The van der Waals surface area contributed by atoms with Crippen LogP contribution in [0.4, 0.5) is 5.69 Å². The van der Waals surface area contributed by atoms with E-state index in [1.165, 1.54) is 5.69 Å². The van der Waals surface area contributed by atoms with Crippen molar-refractivity contribution in [2.24, 2.45) is 0 Å². The summed E-state index contributed by atoms with van der Waals surface area (Å²) in [6.45, 7) is 3.64. The molecule has 4 nitrogen and oxygen atoms in total. The number of benzene rings is 1. The fourth-order valence-corrected chi connectivity index (χ4v) is 2.75. The van der Waals surface area contributed by atoms with E-state index in [0.29, 0.717) is 0 Å². The monoisotopic (exact) mass is 278 g/mol. The van der Waals surface area contributed by atoms with Gasteiger partial charge in [0.2, 0.25) is 0 Å². The van der Waals surface area contributed by atoms with Crippen LogP contribution in [0.15, 0.2) is 54.7 Å². The topological polar surface area (TPSA) is 43.2 Å². The number of nitriles is 1. The van der Waals surface area contributed by atoms with Crippen molar-refractivity contribution >= 4 is 5.69 Å². The molecule has 1 aliphatic rings. The van der Waals surface area contributed by atoms with Gasteiger partial charge in [0.1, 0.15) is 6.04 Å². The van der Waals surface area contributed by atoms with Crippen LogP contribution in [-0.4, -0.2) is 36.1 Å². The second-order valence-corrected chi connectivity index (χ2v) is 5.14. The van der Waals surface area contributed by atoms with Gasteiger partial charge in [-0.25, -0.2) is 0 Å². The van der Waals surface area contributed by atoms with Gasteiger partial charge in [-0.3, -0.25) is 9.88 Å². The molecule has 1 aromatic carbocycles. The summed E-state index contributed by atoms with van der Waals surface area (Å²) in [7, 11) is 0. The number of aromatic nitrogens is 1. The molecule has 2 heterocycles. The maximum Gasteiger partial charge on any atom is 0.141 e. The molecule has 21 heavy (non-hydrogen) atoms. The average molecular weight is 278 g/mol. The fraction of sp³-hybridized carbons (Fsp3) is 0.294. The first kappa shape index (κ1) is 13.6. The van der Waals surface area contributed by atoms with E-state index >= 15 is 0 Å². The van der Waals surface area contributed by atoms with Crippen molar-refractivity contribution in [2.75, 3.05) is 31.1 Å². The third-order valence-corrected chi connectivity index (χ3v) is 3.89. The Morgan fingerprint density at radius 1 is 0.952 bits per heavy atom. The van der Waals surface area contributed by atoms with E-state index in [1.807, 2.05) is 24.3 Å². The van der Waals surface area contributed by atoms with Crippen LogP contribution in [0.1, 0.15) is 11.7 Å². The average Bonchev–Trinajstić information content (AvgIpc) is 2.58. The summed E-state index contributed by atoms with van der Waals surface area (Å²) in [6.07, 6.45) is 1.75. The molecule has 1 aliphatic heterocycles. The number of nitrogens with zero attached hydrogens (tertiary/aromatic N) is 4. The number of hydrogen-bond donors (Lipinski definition) is 0. The molecule has 3 rings (SSSR count). The van der Waals surface area contributed by atoms with Gasteiger partial charge in [-0.15, -0.1) is 0 Å². The predicted octanol–water partition coefficient (Wildman–Crippen LogP) is 2.47. The van der Waals surface area contributed by atoms with E-state index in [0.717, 1.165) is 31.9 Å². The summed E-state index contributed by atoms with van der Waals surface area (Å²) in [5.74, 6) is 0. The zero-order chi connectivity index (χ0) is 14.5. The Labute approximate surface area is 125 Å². The molecule has 1 aromatic heterocycles. The summed E-state index contributed by atoms with van der Waals surface area (Å²) < 4.78 is 0. The Hall–Kier alpha value is -2.38. The van der Waals surface area contributed by atoms with Gasteiger partial charge in [0, 0.05) is 38.1 Å². The zero-order valence-corrected chi connectivity index (χ0v) is 11.9. The highest BCUT2D eigenvalue weighted by Gasteiger charge is 2.25. The van der Waals surface area contributed by atoms with Gasteiger partial charge in [0.25, 0.3) is 0 Å². The first-order valence-corrected chi connectivity index (χ1v) is 7.23. The predicted molar refractivity (Wildman–Crippen MR) is 82.8 cm³/mol. The van der Waals surface area contributed by atoms with Crippen molar-refractivity contribution in [3.63, 3.8) is 0 Å². The van der Waals surface area contributed by atoms with E-state index in [2.05, 4.69) is 45.1 Å². The number of rotatable bonds is 3. The molecule has 0 spiro atoms. The summed E-state index contributed by atoms with van der Waals surface area (Å²) in [6, 6.07) is 18.3. The Kier molecular flexibility index (Phi) is 4.13. The Balaban J connectivity index is 1.67. The van der Waals surface area contributed by atoms with Crippen LogP contribution >= 0.6 is 0 Å². The summed E-state index contributed by atoms with van der Waals surface area (Å²) in [4.78, 5) is 8.90. The lowest BCUT2D eigenvalue weighted by Crippen LogP contribution is -2.47. The van der Waals surface area contributed by atoms with Crippen LogP contribution in [0, 0.1) is 11.3 Å². The molecule has 1 saturated heterocycles. The van der Waals surface area contributed by atoms with Gasteiger partial charge in [-0.1, -0.05) is 24.3 Å². The van der Waals surface area contributed by atoms with Crippen molar-refractivity contribution in [1.82, 2.24) is 9.88 Å². The van der Waals surface area contributed by atoms with Gasteiger partial charge in [-0.2, -0.15) is 5.26 Å². The molecule has 0 bridgehead atoms. The van der Waals surface area contributed by atoms with Crippen LogP contribution < -0.4 is 4.90 Å². The molecule has 4 heteroatoms. The van der Waals surface area contributed by atoms with Crippen LogP contribution in [0.2, 0.25) is 0 Å². The van der Waals surface area contributed by atoms with Crippen molar-refractivity contribution in [2.45, 2.75) is 6.04 Å². The van der Waals surface area contributed by atoms with E-state index in [-0.39, 0.29) is 6.04 Å². The lowest BCUT2D eigenvalue weighted by atomic mass is 10.1. The minimum atomic E-state index is -0.246. The highest BCUT2D eigenvalue weighted by molar-refractivity contribution is 5.46. The third-order valence-electron chi connectivity index (χ3n) is 3.89. The normalized spacial score (nSPS) is 17.2. The molecule has 0 radical (unpaired) electrons. The quantitative estimate of drug-likeness (QED) is 0.865. The second-order valence-electron chi connectivity index (χ2n) is 5.14. The second kappa shape index (κ2) is 6.38. The standard InChI is InChI=1S/C17H18N4/c18-14-17(16-8-4-5-9-19-16)21-12-10-20(11-13-21)15-6-2-1-3-7-15/h1-9,17H,10-13H2. The van der Waals surface area contributed by atoms with Crippen molar-refractivity contribution in [3.05, 3.63) is 60.4 Å². The van der Waals surface area contributed by atoms with Gasteiger partial charge in [0.05, 0.1) is 11.8 Å². The van der Waals surface area contributed by atoms with Gasteiger partial charge in [0.15, 0.2) is 0 Å². The SMILES string of the molecule is N#CC(c1ccccn1)N1CCN(c2ccccc2)CC1. The molecule has 1 atom stereocenters.